The van der Waals surface area contributed by atoms with Gasteiger partial charge in [-0.15, -0.1) is 0 Å². The lowest BCUT2D eigenvalue weighted by Gasteiger charge is -2.19. The second-order valence-electron chi connectivity index (χ2n) is 4.22. The lowest BCUT2D eigenvalue weighted by molar-refractivity contribution is 0.495. The third kappa shape index (κ3) is 3.41. The SMILES string of the molecule is CC(N[C@@H](C)c1ccc(Br)cc1)c1ccsc1. The molecular formula is C14H16BrNS. The van der Waals surface area contributed by atoms with Gasteiger partial charge in [0.1, 0.15) is 0 Å². The Bertz CT molecular complexity index is 450. The fraction of sp³-hybridized carbons (Fsp3) is 0.286. The summed E-state index contributed by atoms with van der Waals surface area (Å²) in [6, 6.07) is 11.4. The van der Waals surface area contributed by atoms with E-state index in [1.165, 1.54) is 11.1 Å². The number of benzene rings is 1. The van der Waals surface area contributed by atoms with Gasteiger partial charge in [-0.25, -0.2) is 0 Å². The number of rotatable bonds is 4. The molecule has 0 radical (unpaired) electrons. The van der Waals surface area contributed by atoms with Crippen LogP contribution in [0.3, 0.4) is 0 Å². The van der Waals surface area contributed by atoms with E-state index in [1.807, 2.05) is 0 Å². The molecule has 1 unspecified atom stereocenters. The fourth-order valence-electron chi connectivity index (χ4n) is 1.84. The molecule has 0 saturated heterocycles. The van der Waals surface area contributed by atoms with Crippen LogP contribution in [0.1, 0.15) is 37.1 Å². The van der Waals surface area contributed by atoms with E-state index in [0.717, 1.165) is 4.47 Å². The van der Waals surface area contributed by atoms with E-state index in [2.05, 4.69) is 76.2 Å². The summed E-state index contributed by atoms with van der Waals surface area (Å²) in [5, 5.41) is 7.93. The van der Waals surface area contributed by atoms with Crippen LogP contribution in [0.2, 0.25) is 0 Å². The molecule has 2 aromatic rings. The Kier molecular flexibility index (Phi) is 4.37. The first-order valence-corrected chi connectivity index (χ1v) is 7.44. The first kappa shape index (κ1) is 12.8. The van der Waals surface area contributed by atoms with E-state index in [-0.39, 0.29) is 0 Å². The average molecular weight is 310 g/mol. The molecule has 1 heterocycles. The number of hydrogen-bond donors (Lipinski definition) is 1. The van der Waals surface area contributed by atoms with Gasteiger partial charge in [-0.05, 0) is 53.9 Å². The highest BCUT2D eigenvalue weighted by Gasteiger charge is 2.11. The van der Waals surface area contributed by atoms with Crippen LogP contribution in [0.15, 0.2) is 45.6 Å². The van der Waals surface area contributed by atoms with Gasteiger partial charge in [0.05, 0.1) is 0 Å². The molecule has 1 N–H and O–H groups in total. The zero-order valence-corrected chi connectivity index (χ0v) is 12.4. The van der Waals surface area contributed by atoms with E-state index in [0.29, 0.717) is 12.1 Å². The van der Waals surface area contributed by atoms with Gasteiger partial charge in [0.2, 0.25) is 0 Å². The van der Waals surface area contributed by atoms with E-state index < -0.39 is 0 Å². The van der Waals surface area contributed by atoms with Gasteiger partial charge in [-0.3, -0.25) is 0 Å². The van der Waals surface area contributed by atoms with Gasteiger partial charge in [-0.2, -0.15) is 11.3 Å². The van der Waals surface area contributed by atoms with Crippen LogP contribution >= 0.6 is 27.3 Å². The Hall–Kier alpha value is -0.640. The van der Waals surface area contributed by atoms with Crippen LogP contribution in [0, 0.1) is 0 Å². The molecule has 2 atom stereocenters. The molecule has 90 valence electrons. The summed E-state index contributed by atoms with van der Waals surface area (Å²) in [6.07, 6.45) is 0. The Morgan fingerprint density at radius 2 is 1.65 bits per heavy atom. The summed E-state index contributed by atoms with van der Waals surface area (Å²) < 4.78 is 1.12. The smallest absolute Gasteiger partial charge is 0.0305 e. The summed E-state index contributed by atoms with van der Waals surface area (Å²) >= 11 is 5.20. The maximum Gasteiger partial charge on any atom is 0.0305 e. The van der Waals surface area contributed by atoms with Crippen molar-refractivity contribution >= 4 is 27.3 Å². The monoisotopic (exact) mass is 309 g/mol. The van der Waals surface area contributed by atoms with Gasteiger partial charge in [0.25, 0.3) is 0 Å². The van der Waals surface area contributed by atoms with Crippen molar-refractivity contribution in [3.8, 4) is 0 Å². The van der Waals surface area contributed by atoms with Crippen LogP contribution in [0.4, 0.5) is 0 Å². The standard InChI is InChI=1S/C14H16BrNS/c1-10(12-3-5-14(15)6-4-12)16-11(2)13-7-8-17-9-13/h3-11,16H,1-2H3/t10-,11?/m0/s1. The maximum atomic E-state index is 3.61. The zero-order chi connectivity index (χ0) is 12.3. The van der Waals surface area contributed by atoms with Crippen LogP contribution < -0.4 is 5.32 Å². The molecule has 1 nitrogen and oxygen atoms in total. The summed E-state index contributed by atoms with van der Waals surface area (Å²) in [5.74, 6) is 0. The molecule has 0 amide bonds. The topological polar surface area (TPSA) is 12.0 Å². The third-order valence-electron chi connectivity index (χ3n) is 2.91. The minimum atomic E-state index is 0.359. The molecule has 0 aliphatic carbocycles. The van der Waals surface area contributed by atoms with Crippen molar-refractivity contribution in [1.82, 2.24) is 5.32 Å². The second-order valence-corrected chi connectivity index (χ2v) is 5.91. The van der Waals surface area contributed by atoms with Crippen molar-refractivity contribution in [1.29, 1.82) is 0 Å². The molecule has 0 bridgehead atoms. The molecular weight excluding hydrogens is 294 g/mol. The van der Waals surface area contributed by atoms with Gasteiger partial charge in [-0.1, -0.05) is 28.1 Å². The van der Waals surface area contributed by atoms with Crippen LogP contribution in [-0.2, 0) is 0 Å². The first-order valence-electron chi connectivity index (χ1n) is 5.70. The fourth-order valence-corrected chi connectivity index (χ4v) is 2.86. The second kappa shape index (κ2) is 5.80. The Labute approximate surface area is 115 Å². The normalized spacial score (nSPS) is 14.5. The number of nitrogens with one attached hydrogen (secondary N) is 1. The molecule has 17 heavy (non-hydrogen) atoms. The van der Waals surface area contributed by atoms with Crippen molar-refractivity contribution in [3.05, 3.63) is 56.7 Å². The molecule has 3 heteroatoms. The largest absolute Gasteiger partial charge is 0.304 e. The van der Waals surface area contributed by atoms with E-state index >= 15 is 0 Å². The van der Waals surface area contributed by atoms with Crippen LogP contribution in [-0.4, -0.2) is 0 Å². The number of halogens is 1. The lowest BCUT2D eigenvalue weighted by Crippen LogP contribution is -2.22. The van der Waals surface area contributed by atoms with Crippen LogP contribution in [0.5, 0.6) is 0 Å². The van der Waals surface area contributed by atoms with Crippen LogP contribution in [0.25, 0.3) is 0 Å². The number of thiophene rings is 1. The predicted molar refractivity (Wildman–Crippen MR) is 78.4 cm³/mol. The van der Waals surface area contributed by atoms with Crippen molar-refractivity contribution in [2.75, 3.05) is 0 Å². The Morgan fingerprint density at radius 3 is 2.24 bits per heavy atom. The Balaban J connectivity index is 2.01. The van der Waals surface area contributed by atoms with Crippen molar-refractivity contribution in [2.45, 2.75) is 25.9 Å². The summed E-state index contributed by atoms with van der Waals surface area (Å²) in [4.78, 5) is 0. The molecule has 2 rings (SSSR count). The molecule has 0 aliphatic heterocycles. The first-order chi connectivity index (χ1) is 8.16. The summed E-state index contributed by atoms with van der Waals surface area (Å²) in [6.45, 7) is 4.41. The highest BCUT2D eigenvalue weighted by Crippen LogP contribution is 2.22. The van der Waals surface area contributed by atoms with Gasteiger partial charge in [0, 0.05) is 16.6 Å². The summed E-state index contributed by atoms with van der Waals surface area (Å²) in [7, 11) is 0. The maximum absolute atomic E-state index is 3.61. The highest BCUT2D eigenvalue weighted by atomic mass is 79.9. The van der Waals surface area contributed by atoms with Gasteiger partial charge >= 0.3 is 0 Å². The highest BCUT2D eigenvalue weighted by molar-refractivity contribution is 9.10. The Morgan fingerprint density at radius 1 is 1.00 bits per heavy atom. The van der Waals surface area contributed by atoms with E-state index in [9.17, 15) is 0 Å². The minimum absolute atomic E-state index is 0.359. The van der Waals surface area contributed by atoms with Gasteiger partial charge in [0.15, 0.2) is 0 Å². The molecule has 0 spiro atoms. The van der Waals surface area contributed by atoms with Crippen molar-refractivity contribution < 1.29 is 0 Å². The number of hydrogen-bond acceptors (Lipinski definition) is 2. The molecule has 0 fully saturated rings. The predicted octanol–water partition coefficient (Wildman–Crippen LogP) is 4.92. The van der Waals surface area contributed by atoms with Crippen molar-refractivity contribution in [2.24, 2.45) is 0 Å². The van der Waals surface area contributed by atoms with Crippen molar-refractivity contribution in [3.63, 3.8) is 0 Å². The lowest BCUT2D eigenvalue weighted by atomic mass is 10.1. The molecule has 0 saturated carbocycles. The molecule has 1 aromatic heterocycles. The molecule has 0 aliphatic rings. The van der Waals surface area contributed by atoms with E-state index in [4.69, 9.17) is 0 Å². The van der Waals surface area contributed by atoms with Gasteiger partial charge < -0.3 is 5.32 Å². The zero-order valence-electron chi connectivity index (χ0n) is 9.98. The minimum Gasteiger partial charge on any atom is -0.304 e. The van der Waals surface area contributed by atoms with E-state index in [1.54, 1.807) is 11.3 Å². The summed E-state index contributed by atoms with van der Waals surface area (Å²) in [5.41, 5.74) is 2.68. The quantitative estimate of drug-likeness (QED) is 0.845. The average Bonchev–Trinajstić information content (AvgIpc) is 2.83. The third-order valence-corrected chi connectivity index (χ3v) is 4.14. The molecule has 1 aromatic carbocycles.